The van der Waals surface area contributed by atoms with E-state index in [9.17, 15) is 12.8 Å². The van der Waals surface area contributed by atoms with E-state index in [1.54, 1.807) is 45.4 Å². The smallest absolute Gasteiger partial charge is 0.239 e. The first-order valence-corrected chi connectivity index (χ1v) is 11.9. The molecule has 0 aliphatic carbocycles. The van der Waals surface area contributed by atoms with Gasteiger partial charge < -0.3 is 9.47 Å². The van der Waals surface area contributed by atoms with Crippen molar-refractivity contribution >= 4 is 26.0 Å². The summed E-state index contributed by atoms with van der Waals surface area (Å²) < 4.78 is 51.1. The summed E-state index contributed by atoms with van der Waals surface area (Å²) in [5, 5.41) is 0. The van der Waals surface area contributed by atoms with Crippen molar-refractivity contribution < 1.29 is 22.3 Å². The second-order valence-electron chi connectivity index (χ2n) is 7.07. The average Bonchev–Trinajstić information content (AvgIpc) is 2.77. The largest absolute Gasteiger partial charge is 0.497 e. The molecule has 0 heterocycles. The number of halogens is 2. The summed E-state index contributed by atoms with van der Waals surface area (Å²) in [5.41, 5.74) is 1.62. The van der Waals surface area contributed by atoms with Gasteiger partial charge in [-0.05, 0) is 69.7 Å². The van der Waals surface area contributed by atoms with Crippen LogP contribution < -0.4 is 9.47 Å². The number of nitrogens with zero attached hydrogens (tertiary/aromatic N) is 1. The fourth-order valence-electron chi connectivity index (χ4n) is 2.91. The van der Waals surface area contributed by atoms with E-state index in [1.165, 1.54) is 10.4 Å². The number of hydrogen-bond donors (Lipinski definition) is 0. The van der Waals surface area contributed by atoms with Gasteiger partial charge in [0.1, 0.15) is 11.5 Å². The fraction of sp³-hybridized carbons (Fsp3) is 0.304. The van der Waals surface area contributed by atoms with E-state index in [-0.39, 0.29) is 24.4 Å². The lowest BCUT2D eigenvalue weighted by molar-refractivity contribution is 0.399. The van der Waals surface area contributed by atoms with Crippen LogP contribution in [0.5, 0.6) is 11.5 Å². The third-order valence-corrected chi connectivity index (χ3v) is 7.21. The van der Waals surface area contributed by atoms with Gasteiger partial charge in [0.05, 0.1) is 19.1 Å². The lowest BCUT2D eigenvalue weighted by Gasteiger charge is -2.26. The number of allylic oxidation sites excluding steroid dienone is 2. The van der Waals surface area contributed by atoms with Gasteiger partial charge in [0, 0.05) is 13.1 Å². The monoisotopic (exact) mass is 511 g/mol. The lowest BCUT2D eigenvalue weighted by Crippen LogP contribution is -2.32. The first-order chi connectivity index (χ1) is 14.7. The minimum absolute atomic E-state index is 0.0412. The Balaban J connectivity index is 2.33. The third kappa shape index (κ3) is 7.19. The van der Waals surface area contributed by atoms with Gasteiger partial charge in [0.2, 0.25) is 10.0 Å². The maximum Gasteiger partial charge on any atom is 0.239 e. The molecule has 0 saturated carbocycles. The summed E-state index contributed by atoms with van der Waals surface area (Å²) in [5.74, 6) is 0.924. The average molecular weight is 512 g/mol. The third-order valence-electron chi connectivity index (χ3n) is 4.88. The Morgan fingerprint density at radius 3 is 1.81 bits per heavy atom. The predicted molar refractivity (Wildman–Crippen MR) is 125 cm³/mol. The zero-order valence-electron chi connectivity index (χ0n) is 17.8. The molecule has 2 aromatic carbocycles. The summed E-state index contributed by atoms with van der Waals surface area (Å²) >= 11 is 2.73. The van der Waals surface area contributed by atoms with E-state index in [0.717, 1.165) is 11.1 Å². The molecule has 5 nitrogen and oxygen atoms in total. The van der Waals surface area contributed by atoms with Crippen molar-refractivity contribution in [2.24, 2.45) is 5.92 Å². The van der Waals surface area contributed by atoms with Crippen LogP contribution in [-0.4, -0.2) is 26.9 Å². The van der Waals surface area contributed by atoms with Gasteiger partial charge >= 0.3 is 0 Å². The van der Waals surface area contributed by atoms with E-state index in [1.807, 2.05) is 24.3 Å². The normalized spacial score (nSPS) is 13.2. The molecule has 0 fully saturated rings. The molecule has 0 radical (unpaired) electrons. The van der Waals surface area contributed by atoms with Crippen LogP contribution in [0.1, 0.15) is 24.5 Å². The molecule has 0 aliphatic rings. The highest BCUT2D eigenvalue weighted by Crippen LogP contribution is 2.27. The molecule has 0 amide bonds. The van der Waals surface area contributed by atoms with E-state index < -0.39 is 20.7 Å². The molecule has 0 unspecified atom stereocenters. The van der Waals surface area contributed by atoms with Crippen LogP contribution in [0.15, 0.2) is 70.8 Å². The molecular formula is C23H27BrFNO4S. The standard InChI is InChI=1S/C23H27BrFNO4S/c1-17(5-14-23(24)25)18(2)31(27,28)26(15-19-6-10-21(29-3)11-7-19)16-20-8-12-22(30-4)13-9-20/h6-14,17H,2,5,15-16H2,1,3-4H3/b23-14-/t17-/m0/s1. The van der Waals surface area contributed by atoms with Crippen molar-refractivity contribution in [1.82, 2.24) is 4.31 Å². The molecule has 2 aromatic rings. The molecule has 0 saturated heterocycles. The molecule has 0 bridgehead atoms. The van der Waals surface area contributed by atoms with Gasteiger partial charge in [-0.2, -0.15) is 8.70 Å². The van der Waals surface area contributed by atoms with Crippen molar-refractivity contribution in [3.63, 3.8) is 0 Å². The second-order valence-corrected chi connectivity index (χ2v) is 9.81. The summed E-state index contributed by atoms with van der Waals surface area (Å²) in [6, 6.07) is 14.4. The first kappa shape index (κ1) is 25.1. The van der Waals surface area contributed by atoms with Crippen molar-refractivity contribution in [2.75, 3.05) is 14.2 Å². The Bertz CT molecular complexity index is 951. The van der Waals surface area contributed by atoms with Crippen LogP contribution >= 0.6 is 15.9 Å². The Labute approximate surface area is 192 Å². The summed E-state index contributed by atoms with van der Waals surface area (Å²) in [6.07, 6.45) is 1.51. The minimum atomic E-state index is -3.87. The fourth-order valence-corrected chi connectivity index (χ4v) is 4.67. The van der Waals surface area contributed by atoms with E-state index >= 15 is 0 Å². The van der Waals surface area contributed by atoms with Crippen LogP contribution in [0, 0.1) is 5.92 Å². The summed E-state index contributed by atoms with van der Waals surface area (Å²) in [4.78, 5) is 0.0412. The van der Waals surface area contributed by atoms with Gasteiger partial charge in [0.25, 0.3) is 0 Å². The van der Waals surface area contributed by atoms with Crippen LogP contribution in [0.25, 0.3) is 0 Å². The maximum atomic E-state index is 13.4. The zero-order chi connectivity index (χ0) is 23.0. The van der Waals surface area contributed by atoms with Crippen molar-refractivity contribution in [3.8, 4) is 11.5 Å². The van der Waals surface area contributed by atoms with Crippen LogP contribution in [-0.2, 0) is 23.1 Å². The topological polar surface area (TPSA) is 55.8 Å². The molecule has 0 aromatic heterocycles. The molecular weight excluding hydrogens is 485 g/mol. The van der Waals surface area contributed by atoms with Crippen molar-refractivity contribution in [1.29, 1.82) is 0 Å². The number of hydrogen-bond acceptors (Lipinski definition) is 4. The molecule has 0 N–H and O–H groups in total. The van der Waals surface area contributed by atoms with Gasteiger partial charge in [-0.1, -0.05) is 37.8 Å². The zero-order valence-corrected chi connectivity index (χ0v) is 20.2. The number of sulfonamides is 1. The number of benzene rings is 2. The number of methoxy groups -OCH3 is 2. The lowest BCUT2D eigenvalue weighted by atomic mass is 10.1. The molecule has 168 valence electrons. The van der Waals surface area contributed by atoms with Gasteiger partial charge in [-0.15, -0.1) is 0 Å². The SMILES string of the molecule is C=C([C@@H](C)C/C=C(\F)Br)S(=O)(=O)N(Cc1ccc(OC)cc1)Cc1ccc(OC)cc1. The molecule has 0 spiro atoms. The highest BCUT2D eigenvalue weighted by molar-refractivity contribution is 9.11. The maximum absolute atomic E-state index is 13.4. The highest BCUT2D eigenvalue weighted by atomic mass is 79.9. The Morgan fingerprint density at radius 2 is 1.45 bits per heavy atom. The summed E-state index contributed by atoms with van der Waals surface area (Å²) in [6.45, 7) is 5.86. The van der Waals surface area contributed by atoms with Gasteiger partial charge in [0.15, 0.2) is 4.74 Å². The number of ether oxygens (including phenoxy) is 2. The predicted octanol–water partition coefficient (Wildman–Crippen LogP) is 5.78. The minimum Gasteiger partial charge on any atom is -0.497 e. The molecule has 2 rings (SSSR count). The number of rotatable bonds is 11. The van der Waals surface area contributed by atoms with E-state index in [4.69, 9.17) is 9.47 Å². The summed E-state index contributed by atoms with van der Waals surface area (Å²) in [7, 11) is -0.718. The Morgan fingerprint density at radius 1 is 1.03 bits per heavy atom. The Kier molecular flexibility index (Phi) is 9.28. The van der Waals surface area contributed by atoms with Crippen LogP contribution in [0.3, 0.4) is 0 Å². The molecule has 0 aliphatic heterocycles. The van der Waals surface area contributed by atoms with Gasteiger partial charge in [-0.3, -0.25) is 0 Å². The first-order valence-electron chi connectivity index (χ1n) is 9.63. The molecule has 8 heteroatoms. The molecule has 31 heavy (non-hydrogen) atoms. The van der Waals surface area contributed by atoms with Crippen molar-refractivity contribution in [3.05, 3.63) is 82.0 Å². The van der Waals surface area contributed by atoms with Crippen molar-refractivity contribution in [2.45, 2.75) is 26.4 Å². The van der Waals surface area contributed by atoms with Crippen LogP contribution in [0.2, 0.25) is 0 Å². The quantitative estimate of drug-likeness (QED) is 0.383. The highest BCUT2D eigenvalue weighted by Gasteiger charge is 2.29. The van der Waals surface area contributed by atoms with Gasteiger partial charge in [-0.25, -0.2) is 8.42 Å². The molecule has 1 atom stereocenters. The second kappa shape index (κ2) is 11.5. The van der Waals surface area contributed by atoms with E-state index in [0.29, 0.717) is 11.5 Å². The van der Waals surface area contributed by atoms with E-state index in [2.05, 4.69) is 22.5 Å². The Hall–Kier alpha value is -2.16. The van der Waals surface area contributed by atoms with Crippen LogP contribution in [0.4, 0.5) is 4.39 Å².